The van der Waals surface area contributed by atoms with Crippen LogP contribution in [0.3, 0.4) is 0 Å². The van der Waals surface area contributed by atoms with Crippen molar-refractivity contribution in [3.8, 4) is 5.75 Å². The summed E-state index contributed by atoms with van der Waals surface area (Å²) in [6, 6.07) is 7.49. The van der Waals surface area contributed by atoms with Gasteiger partial charge < -0.3 is 15.8 Å². The van der Waals surface area contributed by atoms with Gasteiger partial charge in [0, 0.05) is 18.2 Å². The highest BCUT2D eigenvalue weighted by atomic mass is 16.5. The van der Waals surface area contributed by atoms with Crippen LogP contribution in [0.15, 0.2) is 24.3 Å². The summed E-state index contributed by atoms with van der Waals surface area (Å²) in [5.41, 5.74) is 6.49. The molecule has 1 fully saturated rings. The number of rotatable bonds is 4. The third-order valence-corrected chi connectivity index (χ3v) is 3.47. The Morgan fingerprint density at radius 2 is 2.33 bits per heavy atom. The van der Waals surface area contributed by atoms with Crippen LogP contribution in [0.2, 0.25) is 0 Å². The van der Waals surface area contributed by atoms with Gasteiger partial charge in [0.2, 0.25) is 0 Å². The number of benzene rings is 1. The van der Waals surface area contributed by atoms with Crippen LogP contribution in [0.25, 0.3) is 0 Å². The largest absolute Gasteiger partial charge is 0.497 e. The second kappa shape index (κ2) is 5.87. The van der Waals surface area contributed by atoms with Crippen molar-refractivity contribution in [2.24, 2.45) is 11.7 Å². The van der Waals surface area contributed by atoms with E-state index < -0.39 is 0 Å². The van der Waals surface area contributed by atoms with E-state index >= 15 is 0 Å². The summed E-state index contributed by atoms with van der Waals surface area (Å²) < 4.78 is 5.10. The highest BCUT2D eigenvalue weighted by molar-refractivity contribution is 5.94. The second-order valence-electron chi connectivity index (χ2n) is 4.88. The van der Waals surface area contributed by atoms with Gasteiger partial charge in [0.1, 0.15) is 5.75 Å². The zero-order chi connectivity index (χ0) is 13.0. The maximum Gasteiger partial charge on any atom is 0.251 e. The lowest BCUT2D eigenvalue weighted by Crippen LogP contribution is -2.29. The van der Waals surface area contributed by atoms with Gasteiger partial charge in [-0.3, -0.25) is 4.79 Å². The van der Waals surface area contributed by atoms with Crippen LogP contribution < -0.4 is 15.8 Å². The molecule has 1 aromatic rings. The van der Waals surface area contributed by atoms with Gasteiger partial charge in [0.15, 0.2) is 0 Å². The third kappa shape index (κ3) is 3.23. The first kappa shape index (κ1) is 12.9. The van der Waals surface area contributed by atoms with Gasteiger partial charge in [0.05, 0.1) is 7.11 Å². The first-order chi connectivity index (χ1) is 8.69. The molecule has 1 aromatic carbocycles. The van der Waals surface area contributed by atoms with E-state index in [0.29, 0.717) is 29.8 Å². The first-order valence-electron chi connectivity index (χ1n) is 6.37. The molecule has 0 radical (unpaired) electrons. The van der Waals surface area contributed by atoms with Crippen LogP contribution in [0.1, 0.15) is 29.6 Å². The Morgan fingerprint density at radius 3 is 3.00 bits per heavy atom. The van der Waals surface area contributed by atoms with Gasteiger partial charge in [0.25, 0.3) is 5.91 Å². The molecule has 1 aliphatic carbocycles. The van der Waals surface area contributed by atoms with Crippen LogP contribution in [-0.4, -0.2) is 25.6 Å². The minimum Gasteiger partial charge on any atom is -0.497 e. The molecule has 18 heavy (non-hydrogen) atoms. The lowest BCUT2D eigenvalue weighted by molar-refractivity contribution is 0.0947. The zero-order valence-corrected chi connectivity index (χ0v) is 10.7. The fourth-order valence-electron chi connectivity index (χ4n) is 2.40. The summed E-state index contributed by atoms with van der Waals surface area (Å²) in [7, 11) is 1.59. The number of hydrogen-bond donors (Lipinski definition) is 2. The first-order valence-corrected chi connectivity index (χ1v) is 6.37. The Labute approximate surface area is 108 Å². The van der Waals surface area contributed by atoms with E-state index in [9.17, 15) is 4.79 Å². The lowest BCUT2D eigenvalue weighted by Gasteiger charge is -2.11. The second-order valence-corrected chi connectivity index (χ2v) is 4.88. The molecule has 2 unspecified atom stereocenters. The van der Waals surface area contributed by atoms with Crippen LogP contribution in [0.4, 0.5) is 0 Å². The molecule has 0 saturated heterocycles. The molecule has 1 aliphatic rings. The third-order valence-electron chi connectivity index (χ3n) is 3.47. The van der Waals surface area contributed by atoms with E-state index in [2.05, 4.69) is 5.32 Å². The van der Waals surface area contributed by atoms with Crippen molar-refractivity contribution in [2.45, 2.75) is 25.3 Å². The smallest absolute Gasteiger partial charge is 0.251 e. The van der Waals surface area contributed by atoms with E-state index in [1.54, 1.807) is 19.2 Å². The Bertz CT molecular complexity index is 420. The van der Waals surface area contributed by atoms with Crippen molar-refractivity contribution in [2.75, 3.05) is 13.7 Å². The summed E-state index contributed by atoms with van der Waals surface area (Å²) in [6.45, 7) is 0.712. The molecule has 2 atom stereocenters. The fourth-order valence-corrected chi connectivity index (χ4v) is 2.40. The summed E-state index contributed by atoms with van der Waals surface area (Å²) in [5.74, 6) is 1.18. The van der Waals surface area contributed by atoms with Gasteiger partial charge >= 0.3 is 0 Å². The minimum absolute atomic E-state index is 0.0469. The number of carbonyl (C=O) groups is 1. The Kier molecular flexibility index (Phi) is 4.20. The van der Waals surface area contributed by atoms with E-state index in [0.717, 1.165) is 19.3 Å². The summed E-state index contributed by atoms with van der Waals surface area (Å²) in [5, 5.41) is 2.96. The zero-order valence-electron chi connectivity index (χ0n) is 10.7. The fraction of sp³-hybridized carbons (Fsp3) is 0.500. The summed E-state index contributed by atoms with van der Waals surface area (Å²) in [4.78, 5) is 12.0. The molecule has 2 rings (SSSR count). The van der Waals surface area contributed by atoms with Crippen LogP contribution >= 0.6 is 0 Å². The maximum absolute atomic E-state index is 12.0. The van der Waals surface area contributed by atoms with Crippen molar-refractivity contribution in [3.05, 3.63) is 29.8 Å². The van der Waals surface area contributed by atoms with Crippen molar-refractivity contribution in [3.63, 3.8) is 0 Å². The number of ether oxygens (including phenoxy) is 1. The molecule has 0 spiro atoms. The van der Waals surface area contributed by atoms with Gasteiger partial charge in [-0.1, -0.05) is 6.07 Å². The molecule has 1 saturated carbocycles. The molecule has 1 amide bonds. The topological polar surface area (TPSA) is 64.3 Å². The molecule has 0 aromatic heterocycles. The standard InChI is InChI=1S/C14H20N2O2/c1-18-13-4-2-3-11(8-13)14(17)16-9-10-5-6-12(15)7-10/h2-4,8,10,12H,5-7,9,15H2,1H3,(H,16,17). The van der Waals surface area contributed by atoms with Crippen molar-refractivity contribution in [1.82, 2.24) is 5.32 Å². The molecule has 0 bridgehead atoms. The molecule has 4 nitrogen and oxygen atoms in total. The van der Waals surface area contributed by atoms with Gasteiger partial charge in [-0.05, 0) is 43.4 Å². The van der Waals surface area contributed by atoms with Gasteiger partial charge in [-0.15, -0.1) is 0 Å². The Hall–Kier alpha value is -1.55. The quantitative estimate of drug-likeness (QED) is 0.849. The molecule has 98 valence electrons. The molecular formula is C14H20N2O2. The average molecular weight is 248 g/mol. The number of carbonyl (C=O) groups excluding carboxylic acids is 1. The number of nitrogens with two attached hydrogens (primary N) is 1. The molecule has 0 aliphatic heterocycles. The number of amides is 1. The average Bonchev–Trinajstić information content (AvgIpc) is 2.82. The molecular weight excluding hydrogens is 228 g/mol. The number of methoxy groups -OCH3 is 1. The summed E-state index contributed by atoms with van der Waals surface area (Å²) in [6.07, 6.45) is 3.19. The highest BCUT2D eigenvalue weighted by Gasteiger charge is 2.22. The van der Waals surface area contributed by atoms with E-state index in [-0.39, 0.29) is 5.91 Å². The van der Waals surface area contributed by atoms with E-state index in [4.69, 9.17) is 10.5 Å². The van der Waals surface area contributed by atoms with E-state index in [1.807, 2.05) is 12.1 Å². The van der Waals surface area contributed by atoms with Crippen LogP contribution in [-0.2, 0) is 0 Å². The predicted molar refractivity (Wildman–Crippen MR) is 70.6 cm³/mol. The monoisotopic (exact) mass is 248 g/mol. The van der Waals surface area contributed by atoms with Gasteiger partial charge in [-0.25, -0.2) is 0 Å². The van der Waals surface area contributed by atoms with Crippen molar-refractivity contribution >= 4 is 5.91 Å². The van der Waals surface area contributed by atoms with Gasteiger partial charge in [-0.2, -0.15) is 0 Å². The Morgan fingerprint density at radius 1 is 1.50 bits per heavy atom. The highest BCUT2D eigenvalue weighted by Crippen LogP contribution is 2.23. The lowest BCUT2D eigenvalue weighted by atomic mass is 10.1. The Balaban J connectivity index is 1.87. The predicted octanol–water partition coefficient (Wildman–Crippen LogP) is 1.55. The van der Waals surface area contributed by atoms with E-state index in [1.165, 1.54) is 0 Å². The number of hydrogen-bond acceptors (Lipinski definition) is 3. The van der Waals surface area contributed by atoms with Crippen LogP contribution in [0.5, 0.6) is 5.75 Å². The van der Waals surface area contributed by atoms with Crippen molar-refractivity contribution < 1.29 is 9.53 Å². The molecule has 3 N–H and O–H groups in total. The maximum atomic E-state index is 12.0. The molecule has 4 heteroatoms. The number of nitrogens with one attached hydrogen (secondary N) is 1. The summed E-state index contributed by atoms with van der Waals surface area (Å²) >= 11 is 0. The minimum atomic E-state index is -0.0469. The van der Waals surface area contributed by atoms with Crippen LogP contribution in [0, 0.1) is 5.92 Å². The SMILES string of the molecule is COc1cccc(C(=O)NCC2CCC(N)C2)c1. The molecule has 0 heterocycles. The normalized spacial score (nSPS) is 22.8. The van der Waals surface area contributed by atoms with Crippen molar-refractivity contribution in [1.29, 1.82) is 0 Å².